The van der Waals surface area contributed by atoms with E-state index in [1.54, 1.807) is 4.90 Å². The van der Waals surface area contributed by atoms with Crippen LogP contribution in [0.25, 0.3) is 0 Å². The van der Waals surface area contributed by atoms with Crippen LogP contribution in [0.2, 0.25) is 0 Å². The van der Waals surface area contributed by atoms with E-state index < -0.39 is 5.60 Å². The van der Waals surface area contributed by atoms with Gasteiger partial charge in [-0.1, -0.05) is 6.07 Å². The molecule has 1 N–H and O–H groups in total. The fourth-order valence-electron chi connectivity index (χ4n) is 3.09. The third kappa shape index (κ3) is 4.99. The molecule has 1 saturated heterocycles. The van der Waals surface area contributed by atoms with Gasteiger partial charge < -0.3 is 19.9 Å². The zero-order chi connectivity index (χ0) is 18.0. The Bertz CT molecular complexity index is 674. The number of hydrogen-bond donors (Lipinski definition) is 1. The van der Waals surface area contributed by atoms with Gasteiger partial charge in [0.2, 0.25) is 0 Å². The lowest BCUT2D eigenvalue weighted by molar-refractivity contribution is 0.0137. The first-order valence-corrected chi connectivity index (χ1v) is 8.77. The number of fused-ring (bicyclic) bond motifs is 1. The molecule has 0 radical (unpaired) electrons. The maximum absolute atomic E-state index is 12.3. The van der Waals surface area contributed by atoms with Gasteiger partial charge in [0.1, 0.15) is 5.60 Å². The maximum Gasteiger partial charge on any atom is 0.410 e. The Labute approximate surface area is 172 Å². The minimum absolute atomic E-state index is 0. The molecule has 1 atom stereocenters. The van der Waals surface area contributed by atoms with E-state index in [1.165, 1.54) is 5.56 Å². The lowest BCUT2D eigenvalue weighted by atomic mass is 10.2. The van der Waals surface area contributed by atoms with Crippen LogP contribution < -0.4 is 5.32 Å². The van der Waals surface area contributed by atoms with Crippen molar-refractivity contribution in [3.8, 4) is 0 Å². The topological polar surface area (TPSA) is 70.1 Å². The van der Waals surface area contributed by atoms with Crippen LogP contribution >= 0.6 is 24.0 Å². The molecular formula is C18H28IN5O2. The smallest absolute Gasteiger partial charge is 0.410 e. The number of nitrogens with one attached hydrogen (secondary N) is 1. The largest absolute Gasteiger partial charge is 0.444 e. The number of amides is 1. The molecule has 1 aromatic heterocycles. The van der Waals surface area contributed by atoms with Gasteiger partial charge in [-0.05, 0) is 39.3 Å². The number of aliphatic imine (C=N–C) groups is 1. The van der Waals surface area contributed by atoms with E-state index >= 15 is 0 Å². The Morgan fingerprint density at radius 2 is 2.15 bits per heavy atom. The molecule has 26 heavy (non-hydrogen) atoms. The standard InChI is InChI=1S/C18H27N5O2.HI/c1-13-6-5-7-19-15(13)11-21-16-20-10-14-12-22(8-9-23(14)16)17(24)25-18(2,3)4;/h5-7,14H,8-12H2,1-4H3,(H,20,21);1H. The average molecular weight is 473 g/mol. The van der Waals surface area contributed by atoms with Crippen molar-refractivity contribution < 1.29 is 9.53 Å². The lowest BCUT2D eigenvalue weighted by Gasteiger charge is -2.39. The number of aryl methyl sites for hydroxylation is 1. The minimum Gasteiger partial charge on any atom is -0.444 e. The number of piperazine rings is 1. The molecule has 7 nitrogen and oxygen atoms in total. The highest BCUT2D eigenvalue weighted by molar-refractivity contribution is 14.0. The van der Waals surface area contributed by atoms with Crippen LogP contribution in [0.5, 0.6) is 0 Å². The summed E-state index contributed by atoms with van der Waals surface area (Å²) in [6.07, 6.45) is 1.57. The summed E-state index contributed by atoms with van der Waals surface area (Å²) in [5, 5.41) is 3.40. The van der Waals surface area contributed by atoms with Crippen molar-refractivity contribution in [1.29, 1.82) is 0 Å². The number of nitrogens with zero attached hydrogens (tertiary/aromatic N) is 4. The second-order valence-electron chi connectivity index (χ2n) is 7.56. The molecule has 0 aromatic carbocycles. The summed E-state index contributed by atoms with van der Waals surface area (Å²) in [6.45, 7) is 11.1. The molecule has 3 rings (SSSR count). The number of ether oxygens (including phenoxy) is 1. The van der Waals surface area contributed by atoms with E-state index in [0.717, 1.165) is 18.2 Å². The third-order valence-corrected chi connectivity index (χ3v) is 4.39. The van der Waals surface area contributed by atoms with Crippen molar-refractivity contribution in [2.45, 2.75) is 45.9 Å². The van der Waals surface area contributed by atoms with Crippen LogP contribution in [-0.4, -0.2) is 64.7 Å². The first kappa shape index (κ1) is 20.7. The fourth-order valence-corrected chi connectivity index (χ4v) is 3.09. The summed E-state index contributed by atoms with van der Waals surface area (Å²) in [5.74, 6) is 0.902. The van der Waals surface area contributed by atoms with Crippen molar-refractivity contribution in [2.75, 3.05) is 26.2 Å². The van der Waals surface area contributed by atoms with Crippen molar-refractivity contribution in [3.05, 3.63) is 29.6 Å². The molecule has 2 aliphatic heterocycles. The quantitative estimate of drug-likeness (QED) is 0.669. The number of carbonyl (C=O) groups is 1. The van der Waals surface area contributed by atoms with Gasteiger partial charge in [0.25, 0.3) is 0 Å². The van der Waals surface area contributed by atoms with Crippen LogP contribution in [-0.2, 0) is 11.3 Å². The van der Waals surface area contributed by atoms with Gasteiger partial charge >= 0.3 is 6.09 Å². The Morgan fingerprint density at radius 3 is 2.85 bits per heavy atom. The summed E-state index contributed by atoms with van der Waals surface area (Å²) >= 11 is 0. The average Bonchev–Trinajstić information content (AvgIpc) is 2.95. The van der Waals surface area contributed by atoms with Gasteiger partial charge in [-0.15, -0.1) is 24.0 Å². The Hall–Kier alpha value is -1.58. The van der Waals surface area contributed by atoms with Gasteiger partial charge in [0, 0.05) is 25.8 Å². The molecule has 1 amide bonds. The van der Waals surface area contributed by atoms with E-state index in [-0.39, 0.29) is 36.1 Å². The number of rotatable bonds is 2. The Morgan fingerprint density at radius 1 is 1.38 bits per heavy atom. The SMILES string of the molecule is Cc1cccnc1CNC1=NCC2CN(C(=O)OC(C)(C)C)CCN12.I. The molecule has 8 heteroatoms. The molecule has 2 aliphatic rings. The predicted octanol–water partition coefficient (Wildman–Crippen LogP) is 2.39. The summed E-state index contributed by atoms with van der Waals surface area (Å²) in [7, 11) is 0. The zero-order valence-corrected chi connectivity index (χ0v) is 18.2. The Balaban J connectivity index is 0.00000243. The number of hydrogen-bond acceptors (Lipinski definition) is 6. The molecule has 0 aliphatic carbocycles. The van der Waals surface area contributed by atoms with Gasteiger partial charge in [-0.25, -0.2) is 4.79 Å². The molecule has 1 fully saturated rings. The van der Waals surface area contributed by atoms with Crippen LogP contribution in [0, 0.1) is 6.92 Å². The van der Waals surface area contributed by atoms with E-state index in [4.69, 9.17) is 4.74 Å². The van der Waals surface area contributed by atoms with Gasteiger partial charge in [0.05, 0.1) is 24.8 Å². The van der Waals surface area contributed by atoms with Crippen molar-refractivity contribution in [3.63, 3.8) is 0 Å². The summed E-state index contributed by atoms with van der Waals surface area (Å²) < 4.78 is 5.48. The second kappa shape index (κ2) is 8.41. The van der Waals surface area contributed by atoms with Gasteiger partial charge in [-0.3, -0.25) is 9.98 Å². The molecule has 0 bridgehead atoms. The normalized spacial score (nSPS) is 19.4. The predicted molar refractivity (Wildman–Crippen MR) is 112 cm³/mol. The van der Waals surface area contributed by atoms with Crippen molar-refractivity contribution in [1.82, 2.24) is 20.1 Å². The molecule has 1 unspecified atom stereocenters. The second-order valence-corrected chi connectivity index (χ2v) is 7.56. The molecule has 144 valence electrons. The third-order valence-electron chi connectivity index (χ3n) is 4.39. The highest BCUT2D eigenvalue weighted by Crippen LogP contribution is 2.18. The molecule has 3 heterocycles. The fraction of sp³-hybridized carbons (Fsp3) is 0.611. The monoisotopic (exact) mass is 473 g/mol. The van der Waals surface area contributed by atoms with E-state index in [2.05, 4.69) is 33.2 Å². The van der Waals surface area contributed by atoms with Crippen LogP contribution in [0.3, 0.4) is 0 Å². The molecule has 0 spiro atoms. The summed E-state index contributed by atoms with van der Waals surface area (Å²) in [6, 6.07) is 4.22. The highest BCUT2D eigenvalue weighted by Gasteiger charge is 2.36. The van der Waals surface area contributed by atoms with Crippen LogP contribution in [0.1, 0.15) is 32.0 Å². The highest BCUT2D eigenvalue weighted by atomic mass is 127. The minimum atomic E-state index is -0.465. The molecular weight excluding hydrogens is 445 g/mol. The molecule has 0 saturated carbocycles. The summed E-state index contributed by atoms with van der Waals surface area (Å²) in [4.78, 5) is 25.3. The number of carbonyl (C=O) groups excluding carboxylic acids is 1. The first-order valence-electron chi connectivity index (χ1n) is 8.77. The van der Waals surface area contributed by atoms with Crippen LogP contribution in [0.15, 0.2) is 23.3 Å². The first-order chi connectivity index (χ1) is 11.8. The van der Waals surface area contributed by atoms with Gasteiger partial charge in [0.15, 0.2) is 5.96 Å². The number of aromatic nitrogens is 1. The number of guanidine groups is 1. The lowest BCUT2D eigenvalue weighted by Crippen LogP contribution is -2.57. The van der Waals surface area contributed by atoms with Crippen LogP contribution in [0.4, 0.5) is 4.79 Å². The zero-order valence-electron chi connectivity index (χ0n) is 15.9. The van der Waals surface area contributed by atoms with Crippen molar-refractivity contribution in [2.24, 2.45) is 4.99 Å². The maximum atomic E-state index is 12.3. The summed E-state index contributed by atoms with van der Waals surface area (Å²) in [5.41, 5.74) is 1.73. The van der Waals surface area contributed by atoms with Crippen molar-refractivity contribution >= 4 is 36.0 Å². The Kier molecular flexibility index (Phi) is 6.70. The number of pyridine rings is 1. The number of halogens is 1. The van der Waals surface area contributed by atoms with Gasteiger partial charge in [-0.2, -0.15) is 0 Å². The molecule has 1 aromatic rings. The van der Waals surface area contributed by atoms with E-state index in [0.29, 0.717) is 26.2 Å². The van der Waals surface area contributed by atoms with E-state index in [9.17, 15) is 4.79 Å². The van der Waals surface area contributed by atoms with E-state index in [1.807, 2.05) is 33.0 Å².